The summed E-state index contributed by atoms with van der Waals surface area (Å²) in [5.74, 6) is 0.0440. The first-order chi connectivity index (χ1) is 17.2. The van der Waals surface area contributed by atoms with Crippen LogP contribution in [0.5, 0.6) is 0 Å². The van der Waals surface area contributed by atoms with Gasteiger partial charge in [-0.3, -0.25) is 14.5 Å². The molecule has 4 aromatic rings. The first-order valence-electron chi connectivity index (χ1n) is 10.2. The van der Waals surface area contributed by atoms with Crippen molar-refractivity contribution in [1.29, 1.82) is 5.26 Å². The number of rotatable bonds is 5. The van der Waals surface area contributed by atoms with Crippen LogP contribution in [0.4, 0.5) is 26.3 Å². The minimum absolute atomic E-state index is 0.0158. The summed E-state index contributed by atoms with van der Waals surface area (Å²) in [7, 11) is -4.62. The average Bonchev–Trinajstić information content (AvgIpc) is 3.17. The van der Waals surface area contributed by atoms with Gasteiger partial charge in [-0.15, -0.1) is 0 Å². The van der Waals surface area contributed by atoms with Crippen molar-refractivity contribution in [3.05, 3.63) is 66.2 Å². The van der Waals surface area contributed by atoms with Crippen LogP contribution in [0.3, 0.4) is 0 Å². The molecule has 3 heterocycles. The lowest BCUT2D eigenvalue weighted by Gasteiger charge is -2.17. The van der Waals surface area contributed by atoms with Crippen LogP contribution in [0, 0.1) is 11.3 Å². The monoisotopic (exact) mass is 540 g/mol. The summed E-state index contributed by atoms with van der Waals surface area (Å²) in [4.78, 5) is 11.4. The average molecular weight is 540 g/mol. The van der Waals surface area contributed by atoms with Crippen LogP contribution in [-0.4, -0.2) is 40.2 Å². The molecule has 37 heavy (non-hydrogen) atoms. The van der Waals surface area contributed by atoms with E-state index in [1.165, 1.54) is 27.9 Å². The lowest BCUT2D eigenvalue weighted by atomic mass is 10.1. The maximum atomic E-state index is 13.4. The SMILES string of the molecule is C[C@H](NS(=O)(=O)c1ccc(-c2c(C#N)c3ccc(C(F)(F)F)cc3n2-c2cnccn2)nc1)C(F)(F)F. The molecule has 192 valence electrons. The summed E-state index contributed by atoms with van der Waals surface area (Å²) in [6.07, 6.45) is -4.88. The van der Waals surface area contributed by atoms with E-state index in [0.29, 0.717) is 6.92 Å². The number of sulfonamides is 1. The lowest BCUT2D eigenvalue weighted by Crippen LogP contribution is -2.42. The first-order valence-corrected chi connectivity index (χ1v) is 11.7. The Morgan fingerprint density at radius 1 is 1.03 bits per heavy atom. The van der Waals surface area contributed by atoms with E-state index < -0.39 is 38.9 Å². The van der Waals surface area contributed by atoms with Crippen LogP contribution in [0.2, 0.25) is 0 Å². The fraction of sp³-hybridized carbons (Fsp3) is 0.182. The summed E-state index contributed by atoms with van der Waals surface area (Å²) < 4.78 is 106. The molecule has 0 saturated carbocycles. The molecule has 8 nitrogen and oxygen atoms in total. The summed E-state index contributed by atoms with van der Waals surface area (Å²) >= 11 is 0. The van der Waals surface area contributed by atoms with Crippen molar-refractivity contribution in [1.82, 2.24) is 24.2 Å². The topological polar surface area (TPSA) is 114 Å². The van der Waals surface area contributed by atoms with Gasteiger partial charge in [-0.1, -0.05) is 6.07 Å². The molecule has 0 unspecified atom stereocenters. The Morgan fingerprint density at radius 3 is 2.30 bits per heavy atom. The molecule has 0 aliphatic heterocycles. The molecule has 1 atom stereocenters. The van der Waals surface area contributed by atoms with Crippen LogP contribution >= 0.6 is 0 Å². The smallest absolute Gasteiger partial charge is 0.290 e. The molecule has 0 saturated heterocycles. The predicted molar refractivity (Wildman–Crippen MR) is 118 cm³/mol. The summed E-state index contributed by atoms with van der Waals surface area (Å²) in [6, 6.07) is 4.41. The highest BCUT2D eigenvalue weighted by molar-refractivity contribution is 7.89. The molecule has 0 bridgehead atoms. The number of hydrogen-bond donors (Lipinski definition) is 1. The Morgan fingerprint density at radius 2 is 1.76 bits per heavy atom. The summed E-state index contributed by atoms with van der Waals surface area (Å²) in [5.41, 5.74) is -1.17. The van der Waals surface area contributed by atoms with Gasteiger partial charge in [-0.05, 0) is 31.2 Å². The highest BCUT2D eigenvalue weighted by atomic mass is 32.2. The van der Waals surface area contributed by atoms with Gasteiger partial charge >= 0.3 is 12.4 Å². The molecule has 0 radical (unpaired) electrons. The van der Waals surface area contributed by atoms with E-state index in [9.17, 15) is 40.0 Å². The number of nitrogens with zero attached hydrogens (tertiary/aromatic N) is 5. The molecule has 1 N–H and O–H groups in total. The predicted octanol–water partition coefficient (Wildman–Crippen LogP) is 4.60. The van der Waals surface area contributed by atoms with Gasteiger partial charge in [0, 0.05) is 24.0 Å². The Hall–Kier alpha value is -4.03. The third-order valence-corrected chi connectivity index (χ3v) is 6.82. The van der Waals surface area contributed by atoms with Crippen molar-refractivity contribution < 1.29 is 34.8 Å². The van der Waals surface area contributed by atoms with Gasteiger partial charge in [-0.2, -0.15) is 36.3 Å². The van der Waals surface area contributed by atoms with Crippen LogP contribution < -0.4 is 4.72 Å². The molecule has 0 spiro atoms. The van der Waals surface area contributed by atoms with Gasteiger partial charge in [0.15, 0.2) is 5.82 Å². The standard InChI is InChI=1S/C22H14F6N6O2S/c1-12(21(23,24)25)33-37(35,36)14-3-5-17(32-10-14)20-16(9-29)15-4-2-13(22(26,27)28)8-18(15)34(20)19-11-30-6-7-31-19/h2-8,10-12,33H,1H3/t12-/m0/s1. The molecule has 0 aliphatic rings. The first kappa shape index (κ1) is 26.0. The number of halogens is 6. The zero-order valence-corrected chi connectivity index (χ0v) is 19.3. The van der Waals surface area contributed by atoms with Crippen molar-refractivity contribution in [2.75, 3.05) is 0 Å². The van der Waals surface area contributed by atoms with E-state index in [-0.39, 0.29) is 33.7 Å². The number of fused-ring (bicyclic) bond motifs is 1. The van der Waals surface area contributed by atoms with Crippen molar-refractivity contribution in [3.63, 3.8) is 0 Å². The maximum Gasteiger partial charge on any atom is 0.416 e. The second-order valence-corrected chi connectivity index (χ2v) is 9.44. The Kier molecular flexibility index (Phi) is 6.42. The van der Waals surface area contributed by atoms with Gasteiger partial charge < -0.3 is 0 Å². The number of benzene rings is 1. The van der Waals surface area contributed by atoms with Gasteiger partial charge in [0.1, 0.15) is 17.0 Å². The quantitative estimate of drug-likeness (QED) is 0.370. The van der Waals surface area contributed by atoms with Crippen molar-refractivity contribution in [2.45, 2.75) is 30.2 Å². The van der Waals surface area contributed by atoms with Gasteiger partial charge in [0.2, 0.25) is 10.0 Å². The van der Waals surface area contributed by atoms with Gasteiger partial charge in [0.25, 0.3) is 0 Å². The molecular formula is C22H14F6N6O2S. The van der Waals surface area contributed by atoms with E-state index in [1.807, 2.05) is 6.07 Å². The third-order valence-electron chi connectivity index (χ3n) is 5.30. The highest BCUT2D eigenvalue weighted by Gasteiger charge is 2.39. The number of aromatic nitrogens is 4. The molecule has 0 fully saturated rings. The van der Waals surface area contributed by atoms with Crippen LogP contribution in [0.25, 0.3) is 28.1 Å². The van der Waals surface area contributed by atoms with Gasteiger partial charge in [0.05, 0.1) is 34.2 Å². The lowest BCUT2D eigenvalue weighted by molar-refractivity contribution is -0.147. The van der Waals surface area contributed by atoms with Crippen molar-refractivity contribution in [2.24, 2.45) is 0 Å². The number of nitrogens with one attached hydrogen (secondary N) is 1. The molecule has 15 heteroatoms. The molecule has 1 aromatic carbocycles. The summed E-state index contributed by atoms with van der Waals surface area (Å²) in [6.45, 7) is 0.632. The molecule has 4 rings (SSSR count). The number of hydrogen-bond acceptors (Lipinski definition) is 6. The minimum Gasteiger partial charge on any atom is -0.290 e. The second kappa shape index (κ2) is 9.12. The van der Waals surface area contributed by atoms with E-state index in [2.05, 4.69) is 15.0 Å². The number of nitriles is 1. The Bertz CT molecular complexity index is 1610. The number of alkyl halides is 6. The van der Waals surface area contributed by atoms with Crippen LogP contribution in [0.15, 0.2) is 60.0 Å². The van der Waals surface area contributed by atoms with Crippen molar-refractivity contribution >= 4 is 20.9 Å². The Labute approximate surface area is 205 Å². The van der Waals surface area contributed by atoms with E-state index >= 15 is 0 Å². The molecular weight excluding hydrogens is 526 g/mol. The Balaban J connectivity index is 1.91. The third kappa shape index (κ3) is 4.98. The zero-order chi connectivity index (χ0) is 27.2. The fourth-order valence-electron chi connectivity index (χ4n) is 3.51. The van der Waals surface area contributed by atoms with Crippen LogP contribution in [-0.2, 0) is 16.2 Å². The normalized spacial score (nSPS) is 13.5. The minimum atomic E-state index is -4.82. The molecule has 0 aliphatic carbocycles. The van der Waals surface area contributed by atoms with Crippen LogP contribution in [0.1, 0.15) is 18.1 Å². The molecule has 0 amide bonds. The van der Waals surface area contributed by atoms with Gasteiger partial charge in [-0.25, -0.2) is 13.4 Å². The molecule has 3 aromatic heterocycles. The van der Waals surface area contributed by atoms with E-state index in [4.69, 9.17) is 0 Å². The zero-order valence-electron chi connectivity index (χ0n) is 18.5. The number of pyridine rings is 1. The maximum absolute atomic E-state index is 13.4. The second-order valence-electron chi connectivity index (χ2n) is 7.73. The van der Waals surface area contributed by atoms with E-state index in [0.717, 1.165) is 36.5 Å². The fourth-order valence-corrected chi connectivity index (χ4v) is 4.69. The van der Waals surface area contributed by atoms with Crippen molar-refractivity contribution in [3.8, 4) is 23.3 Å². The largest absolute Gasteiger partial charge is 0.416 e. The van der Waals surface area contributed by atoms with E-state index in [1.54, 1.807) is 0 Å². The summed E-state index contributed by atoms with van der Waals surface area (Å²) in [5, 5.41) is 10.00. The highest BCUT2D eigenvalue weighted by Crippen LogP contribution is 2.38.